The summed E-state index contributed by atoms with van der Waals surface area (Å²) in [6.07, 6.45) is 1.43. The number of Topliss-reactive ketones (excluding diaryl/α,β-unsaturated/α-hetero) is 1. The maximum atomic E-state index is 13.7. The zero-order chi connectivity index (χ0) is 16.9. The Labute approximate surface area is 129 Å². The summed E-state index contributed by atoms with van der Waals surface area (Å²) in [7, 11) is 0. The lowest BCUT2D eigenvalue weighted by Crippen LogP contribution is -2.27. The molecule has 1 aromatic carbocycles. The molecule has 5 heteroatoms. The van der Waals surface area contributed by atoms with E-state index in [4.69, 9.17) is 4.74 Å². The Morgan fingerprint density at radius 1 is 1.32 bits per heavy atom. The summed E-state index contributed by atoms with van der Waals surface area (Å²) in [5.41, 5.74) is -1.04. The van der Waals surface area contributed by atoms with E-state index in [1.165, 1.54) is 6.08 Å². The summed E-state index contributed by atoms with van der Waals surface area (Å²) in [4.78, 5) is 24.2. The molecule has 0 aliphatic heterocycles. The van der Waals surface area contributed by atoms with E-state index < -0.39 is 34.9 Å². The van der Waals surface area contributed by atoms with Crippen LogP contribution in [0.5, 0.6) is 0 Å². The molecule has 0 bridgehead atoms. The van der Waals surface area contributed by atoms with Gasteiger partial charge in [0.2, 0.25) is 0 Å². The van der Waals surface area contributed by atoms with Crippen molar-refractivity contribution in [3.8, 4) is 0 Å². The highest BCUT2D eigenvalue weighted by atomic mass is 19.1. The van der Waals surface area contributed by atoms with Crippen LogP contribution < -0.4 is 0 Å². The molecule has 120 valence electrons. The molecule has 1 rings (SSSR count). The normalized spacial score (nSPS) is 12.6. The average Bonchev–Trinajstić information content (AvgIpc) is 2.38. The fraction of sp³-hybridized carbons (Fsp3) is 0.412. The zero-order valence-corrected chi connectivity index (χ0v) is 13.0. The Kier molecular flexibility index (Phi) is 5.97. The van der Waals surface area contributed by atoms with Crippen molar-refractivity contribution in [3.05, 3.63) is 48.1 Å². The fourth-order valence-corrected chi connectivity index (χ4v) is 1.97. The molecule has 0 heterocycles. The third-order valence-electron chi connectivity index (χ3n) is 2.85. The standard InChI is InChI=1S/C17H20F2O3/c1-5-6-11(9-15(20)22-17(2,3)4)16(21)13-10-12(18)7-8-14(13)19/h5,7-8,10-11H,1,6,9H2,2-4H3. The maximum Gasteiger partial charge on any atom is 0.307 e. The van der Waals surface area contributed by atoms with Crippen molar-refractivity contribution in [3.63, 3.8) is 0 Å². The van der Waals surface area contributed by atoms with Crippen molar-refractivity contribution in [1.82, 2.24) is 0 Å². The van der Waals surface area contributed by atoms with Gasteiger partial charge < -0.3 is 4.74 Å². The molecule has 0 radical (unpaired) electrons. The lowest BCUT2D eigenvalue weighted by molar-refractivity contribution is -0.155. The first-order valence-corrected chi connectivity index (χ1v) is 6.96. The van der Waals surface area contributed by atoms with Crippen LogP contribution in [0.15, 0.2) is 30.9 Å². The Balaban J connectivity index is 2.95. The van der Waals surface area contributed by atoms with Gasteiger partial charge in [-0.25, -0.2) is 8.78 Å². The highest BCUT2D eigenvalue weighted by molar-refractivity contribution is 5.99. The topological polar surface area (TPSA) is 43.4 Å². The van der Waals surface area contributed by atoms with Crippen LogP contribution in [-0.2, 0) is 9.53 Å². The lowest BCUT2D eigenvalue weighted by atomic mass is 9.91. The number of hydrogen-bond acceptors (Lipinski definition) is 3. The van der Waals surface area contributed by atoms with Crippen LogP contribution in [0.25, 0.3) is 0 Å². The van der Waals surface area contributed by atoms with Gasteiger partial charge in [0.15, 0.2) is 5.78 Å². The second kappa shape index (κ2) is 7.29. The van der Waals surface area contributed by atoms with Crippen LogP contribution in [0.4, 0.5) is 8.78 Å². The van der Waals surface area contributed by atoms with Crippen LogP contribution in [0.1, 0.15) is 44.0 Å². The third kappa shape index (κ3) is 5.39. The zero-order valence-electron chi connectivity index (χ0n) is 13.0. The Morgan fingerprint density at radius 2 is 1.95 bits per heavy atom. The van der Waals surface area contributed by atoms with Crippen LogP contribution in [0, 0.1) is 17.6 Å². The van der Waals surface area contributed by atoms with Crippen molar-refractivity contribution in [2.24, 2.45) is 5.92 Å². The van der Waals surface area contributed by atoms with Gasteiger partial charge in [0.1, 0.15) is 17.2 Å². The van der Waals surface area contributed by atoms with Gasteiger partial charge in [0, 0.05) is 5.92 Å². The second-order valence-corrected chi connectivity index (χ2v) is 6.00. The van der Waals surface area contributed by atoms with Crippen LogP contribution in [0.3, 0.4) is 0 Å². The number of carbonyl (C=O) groups excluding carboxylic acids is 2. The van der Waals surface area contributed by atoms with Gasteiger partial charge in [-0.2, -0.15) is 0 Å². The number of rotatable bonds is 6. The van der Waals surface area contributed by atoms with E-state index in [-0.39, 0.29) is 18.4 Å². The molecular formula is C17H20F2O3. The highest BCUT2D eigenvalue weighted by Crippen LogP contribution is 2.22. The smallest absolute Gasteiger partial charge is 0.307 e. The van der Waals surface area contributed by atoms with Crippen LogP contribution >= 0.6 is 0 Å². The Bertz CT molecular complexity index is 574. The molecule has 1 atom stereocenters. The number of halogens is 2. The summed E-state index contributed by atoms with van der Waals surface area (Å²) in [6.45, 7) is 8.66. The first-order valence-electron chi connectivity index (χ1n) is 6.96. The number of ketones is 1. The minimum atomic E-state index is -0.830. The minimum Gasteiger partial charge on any atom is -0.460 e. The average molecular weight is 310 g/mol. The highest BCUT2D eigenvalue weighted by Gasteiger charge is 2.27. The minimum absolute atomic E-state index is 0.175. The molecule has 0 saturated carbocycles. The number of hydrogen-bond donors (Lipinski definition) is 0. The van der Waals surface area contributed by atoms with Crippen molar-refractivity contribution < 1.29 is 23.1 Å². The van der Waals surface area contributed by atoms with Gasteiger partial charge in [-0.3, -0.25) is 9.59 Å². The van der Waals surface area contributed by atoms with Gasteiger partial charge in [-0.1, -0.05) is 6.08 Å². The first-order chi connectivity index (χ1) is 10.1. The van der Waals surface area contributed by atoms with Gasteiger partial charge in [-0.05, 0) is 45.4 Å². The number of benzene rings is 1. The van der Waals surface area contributed by atoms with Crippen LogP contribution in [0.2, 0.25) is 0 Å². The molecule has 0 amide bonds. The molecule has 0 aliphatic rings. The van der Waals surface area contributed by atoms with Crippen molar-refractivity contribution in [2.45, 2.75) is 39.2 Å². The molecule has 0 aromatic heterocycles. The summed E-state index contributed by atoms with van der Waals surface area (Å²) < 4.78 is 32.1. The molecule has 3 nitrogen and oxygen atoms in total. The predicted molar refractivity (Wildman–Crippen MR) is 79.5 cm³/mol. The SMILES string of the molecule is C=CCC(CC(=O)OC(C)(C)C)C(=O)c1cc(F)ccc1F. The molecular weight excluding hydrogens is 290 g/mol. The summed E-state index contributed by atoms with van der Waals surface area (Å²) in [5.74, 6) is -3.56. The lowest BCUT2D eigenvalue weighted by Gasteiger charge is -2.21. The van der Waals surface area contributed by atoms with E-state index in [1.807, 2.05) is 0 Å². The van der Waals surface area contributed by atoms with Crippen LogP contribution in [-0.4, -0.2) is 17.4 Å². The molecule has 0 N–H and O–H groups in total. The third-order valence-corrected chi connectivity index (χ3v) is 2.85. The van der Waals surface area contributed by atoms with E-state index in [0.717, 1.165) is 18.2 Å². The summed E-state index contributed by atoms with van der Waals surface area (Å²) in [6, 6.07) is 2.66. The van der Waals surface area contributed by atoms with Gasteiger partial charge >= 0.3 is 5.97 Å². The molecule has 22 heavy (non-hydrogen) atoms. The Hall–Kier alpha value is -2.04. The maximum absolute atomic E-state index is 13.7. The number of allylic oxidation sites excluding steroid dienone is 1. The molecule has 0 fully saturated rings. The largest absolute Gasteiger partial charge is 0.460 e. The summed E-state index contributed by atoms with van der Waals surface area (Å²) in [5, 5.41) is 0. The molecule has 0 aliphatic carbocycles. The van der Waals surface area contributed by atoms with E-state index in [1.54, 1.807) is 20.8 Å². The first kappa shape index (κ1) is 18.0. The summed E-state index contributed by atoms with van der Waals surface area (Å²) >= 11 is 0. The second-order valence-electron chi connectivity index (χ2n) is 6.00. The van der Waals surface area contributed by atoms with E-state index in [2.05, 4.69) is 6.58 Å². The Morgan fingerprint density at radius 3 is 2.50 bits per heavy atom. The number of carbonyl (C=O) groups is 2. The monoisotopic (exact) mass is 310 g/mol. The number of esters is 1. The van der Waals surface area contributed by atoms with E-state index in [0.29, 0.717) is 0 Å². The van der Waals surface area contributed by atoms with Crippen molar-refractivity contribution in [1.29, 1.82) is 0 Å². The van der Waals surface area contributed by atoms with E-state index >= 15 is 0 Å². The van der Waals surface area contributed by atoms with Gasteiger partial charge in [-0.15, -0.1) is 6.58 Å². The predicted octanol–water partition coefficient (Wildman–Crippen LogP) is 4.07. The van der Waals surface area contributed by atoms with E-state index in [9.17, 15) is 18.4 Å². The molecule has 1 aromatic rings. The number of ether oxygens (including phenoxy) is 1. The fourth-order valence-electron chi connectivity index (χ4n) is 1.97. The molecule has 0 saturated heterocycles. The van der Waals surface area contributed by atoms with Gasteiger partial charge in [0.25, 0.3) is 0 Å². The van der Waals surface area contributed by atoms with Crippen molar-refractivity contribution in [2.75, 3.05) is 0 Å². The quantitative estimate of drug-likeness (QED) is 0.452. The van der Waals surface area contributed by atoms with Crippen molar-refractivity contribution >= 4 is 11.8 Å². The molecule has 0 spiro atoms. The van der Waals surface area contributed by atoms with Gasteiger partial charge in [0.05, 0.1) is 12.0 Å². The molecule has 1 unspecified atom stereocenters.